The normalized spacial score (nSPS) is 20.8. The molecule has 0 aromatic heterocycles. The maximum absolute atomic E-state index is 12.8. The molecule has 7 heteroatoms. The van der Waals surface area contributed by atoms with Crippen molar-refractivity contribution in [2.45, 2.75) is 12.6 Å². The van der Waals surface area contributed by atoms with Crippen molar-refractivity contribution in [3.05, 3.63) is 65.7 Å². The highest BCUT2D eigenvalue weighted by Gasteiger charge is 2.44. The van der Waals surface area contributed by atoms with Gasteiger partial charge in [-0.3, -0.25) is 4.79 Å². The van der Waals surface area contributed by atoms with Crippen LogP contribution in [0, 0.1) is 0 Å². The van der Waals surface area contributed by atoms with Crippen LogP contribution in [0.2, 0.25) is 0 Å². The molecule has 0 saturated carbocycles. The average Bonchev–Trinajstić information content (AvgIpc) is 2.51. The molecule has 23 heavy (non-hydrogen) atoms. The van der Waals surface area contributed by atoms with Crippen LogP contribution in [0.15, 0.2) is 54.6 Å². The first-order valence-electron chi connectivity index (χ1n) is 7.06. The van der Waals surface area contributed by atoms with Gasteiger partial charge < -0.3 is 5.32 Å². The molecule has 2 aromatic carbocycles. The Balaban J connectivity index is 2.18. The van der Waals surface area contributed by atoms with Crippen molar-refractivity contribution in [2.24, 2.45) is 0 Å². The van der Waals surface area contributed by atoms with Crippen molar-refractivity contribution in [3.8, 4) is 0 Å². The molecule has 1 aliphatic rings. The summed E-state index contributed by atoms with van der Waals surface area (Å²) in [5, 5.41) is 4.40. The molecule has 0 bridgehead atoms. The lowest BCUT2D eigenvalue weighted by molar-refractivity contribution is 0.0458. The number of nitrogens with zero attached hydrogens (tertiary/aromatic N) is 1. The molecule has 120 valence electrons. The smallest absolute Gasteiger partial charge is 0.273 e. The lowest BCUT2D eigenvalue weighted by Gasteiger charge is -2.45. The molecule has 2 N–H and O–H groups in total. The topological polar surface area (TPSA) is 78.5 Å². The average molecular weight is 331 g/mol. The van der Waals surface area contributed by atoms with Gasteiger partial charge in [0.15, 0.2) is 5.66 Å². The van der Waals surface area contributed by atoms with E-state index in [1.54, 1.807) is 25.1 Å². The van der Waals surface area contributed by atoms with Crippen LogP contribution in [0.5, 0.6) is 0 Å². The highest BCUT2D eigenvalue weighted by molar-refractivity contribution is 7.88. The quantitative estimate of drug-likeness (QED) is 0.900. The molecule has 6 nitrogen and oxygen atoms in total. The lowest BCUT2D eigenvalue weighted by atomic mass is 9.95. The summed E-state index contributed by atoms with van der Waals surface area (Å²) in [6.45, 7) is 1.76. The van der Waals surface area contributed by atoms with Crippen LogP contribution in [0.3, 0.4) is 0 Å². The van der Waals surface area contributed by atoms with Crippen LogP contribution in [-0.2, 0) is 15.7 Å². The van der Waals surface area contributed by atoms with Crippen LogP contribution in [-0.4, -0.2) is 25.6 Å². The third kappa shape index (κ3) is 2.80. The van der Waals surface area contributed by atoms with E-state index in [0.717, 1.165) is 16.8 Å². The molecule has 0 unspecified atom stereocenters. The fourth-order valence-corrected chi connectivity index (χ4v) is 3.28. The molecule has 0 aliphatic carbocycles. The number of carbonyl (C=O) groups is 1. The second kappa shape index (κ2) is 5.36. The maximum Gasteiger partial charge on any atom is 0.273 e. The maximum atomic E-state index is 12.8. The fourth-order valence-electron chi connectivity index (χ4n) is 2.68. The molecule has 3 rings (SSSR count). The Kier molecular flexibility index (Phi) is 3.62. The van der Waals surface area contributed by atoms with Gasteiger partial charge in [0, 0.05) is 5.69 Å². The summed E-state index contributed by atoms with van der Waals surface area (Å²) in [6, 6.07) is 16.2. The molecule has 0 fully saturated rings. The van der Waals surface area contributed by atoms with E-state index in [1.807, 2.05) is 36.4 Å². The Morgan fingerprint density at radius 3 is 2.30 bits per heavy atom. The van der Waals surface area contributed by atoms with E-state index in [4.69, 9.17) is 0 Å². The number of benzene rings is 2. The van der Waals surface area contributed by atoms with E-state index in [0.29, 0.717) is 11.3 Å². The minimum absolute atomic E-state index is 0.406. The van der Waals surface area contributed by atoms with Gasteiger partial charge in [0.1, 0.15) is 0 Å². The number of hydrazine groups is 1. The molecule has 0 spiro atoms. The van der Waals surface area contributed by atoms with Gasteiger partial charge in [-0.25, -0.2) is 13.4 Å². The number of carbonyl (C=O) groups excluding carboxylic acids is 1. The van der Waals surface area contributed by atoms with Gasteiger partial charge >= 0.3 is 0 Å². The fraction of sp³-hybridized carbons (Fsp3) is 0.188. The molecule has 0 radical (unpaired) electrons. The van der Waals surface area contributed by atoms with E-state index < -0.39 is 21.6 Å². The van der Waals surface area contributed by atoms with Crippen LogP contribution in [0.1, 0.15) is 22.8 Å². The van der Waals surface area contributed by atoms with Crippen molar-refractivity contribution in [1.82, 2.24) is 9.84 Å². The largest absolute Gasteiger partial charge is 0.357 e. The third-order valence-electron chi connectivity index (χ3n) is 3.78. The molecule has 2 aromatic rings. The SMILES string of the molecule is C[C@@]1(c2ccccc2)Nc2ccccc2C(=O)N1NS(C)(=O)=O. The molecule has 0 saturated heterocycles. The first kappa shape index (κ1) is 15.5. The highest BCUT2D eigenvalue weighted by Crippen LogP contribution is 2.36. The van der Waals surface area contributed by atoms with Crippen molar-refractivity contribution >= 4 is 21.6 Å². The number of rotatable bonds is 3. The summed E-state index contributed by atoms with van der Waals surface area (Å²) < 4.78 is 23.5. The predicted octanol–water partition coefficient (Wildman–Crippen LogP) is 1.89. The van der Waals surface area contributed by atoms with E-state index >= 15 is 0 Å². The van der Waals surface area contributed by atoms with Gasteiger partial charge in [0.25, 0.3) is 5.91 Å². The first-order chi connectivity index (χ1) is 10.8. The first-order valence-corrected chi connectivity index (χ1v) is 8.95. The summed E-state index contributed by atoms with van der Waals surface area (Å²) in [4.78, 5) is 15.2. The Bertz CT molecular complexity index is 852. The summed E-state index contributed by atoms with van der Waals surface area (Å²) in [5.41, 5.74) is 0.793. The molecule has 1 heterocycles. The van der Waals surface area contributed by atoms with Crippen molar-refractivity contribution in [1.29, 1.82) is 0 Å². The van der Waals surface area contributed by atoms with E-state index in [9.17, 15) is 13.2 Å². The number of para-hydroxylation sites is 1. The Morgan fingerprint density at radius 2 is 1.65 bits per heavy atom. The van der Waals surface area contributed by atoms with E-state index in [-0.39, 0.29) is 0 Å². The second-order valence-electron chi connectivity index (χ2n) is 5.61. The molecule has 1 aliphatic heterocycles. The predicted molar refractivity (Wildman–Crippen MR) is 88.0 cm³/mol. The number of fused-ring (bicyclic) bond motifs is 1. The zero-order valence-corrected chi connectivity index (χ0v) is 13.6. The second-order valence-corrected chi connectivity index (χ2v) is 7.34. The summed E-state index contributed by atoms with van der Waals surface area (Å²) in [6.07, 6.45) is 1.02. The zero-order chi connectivity index (χ0) is 16.7. The van der Waals surface area contributed by atoms with Gasteiger partial charge in [-0.2, -0.15) is 0 Å². The van der Waals surface area contributed by atoms with Crippen molar-refractivity contribution in [2.75, 3.05) is 11.6 Å². The number of anilines is 1. The number of hydrogen-bond acceptors (Lipinski definition) is 4. The van der Waals surface area contributed by atoms with Gasteiger partial charge in [-0.1, -0.05) is 42.5 Å². The van der Waals surface area contributed by atoms with Crippen LogP contribution in [0.4, 0.5) is 5.69 Å². The summed E-state index contributed by atoms with van der Waals surface area (Å²) in [7, 11) is -3.62. The van der Waals surface area contributed by atoms with Gasteiger partial charge in [0.2, 0.25) is 10.0 Å². The number of amides is 1. The van der Waals surface area contributed by atoms with Gasteiger partial charge in [-0.15, -0.1) is 4.83 Å². The van der Waals surface area contributed by atoms with Gasteiger partial charge in [0.05, 0.1) is 11.8 Å². The molecular formula is C16H17N3O3S. The lowest BCUT2D eigenvalue weighted by Crippen LogP contribution is -2.62. The monoisotopic (exact) mass is 331 g/mol. The van der Waals surface area contributed by atoms with Crippen molar-refractivity contribution < 1.29 is 13.2 Å². The van der Waals surface area contributed by atoms with Crippen molar-refractivity contribution in [3.63, 3.8) is 0 Å². The standard InChI is InChI=1S/C16H17N3O3S/c1-16(12-8-4-3-5-9-12)17-14-11-7-6-10-13(14)15(20)19(16)18-23(2,21)22/h3-11,17-18H,1-2H3/t16-/m1/s1. The molecule has 1 amide bonds. The number of nitrogens with one attached hydrogen (secondary N) is 2. The van der Waals surface area contributed by atoms with Crippen LogP contribution < -0.4 is 10.1 Å². The summed E-state index contributed by atoms with van der Waals surface area (Å²) >= 11 is 0. The van der Waals surface area contributed by atoms with Crippen LogP contribution in [0.25, 0.3) is 0 Å². The highest BCUT2D eigenvalue weighted by atomic mass is 32.2. The van der Waals surface area contributed by atoms with E-state index in [1.165, 1.54) is 0 Å². The Labute approximate surface area is 135 Å². The Morgan fingerprint density at radius 1 is 1.04 bits per heavy atom. The Hall–Kier alpha value is -2.38. The zero-order valence-electron chi connectivity index (χ0n) is 12.8. The number of sulfonamides is 1. The third-order valence-corrected chi connectivity index (χ3v) is 4.29. The van der Waals surface area contributed by atoms with E-state index in [2.05, 4.69) is 10.1 Å². The minimum Gasteiger partial charge on any atom is -0.357 e. The minimum atomic E-state index is -3.62. The summed E-state index contributed by atoms with van der Waals surface area (Å²) in [5.74, 6) is -0.406. The van der Waals surface area contributed by atoms with Gasteiger partial charge in [-0.05, 0) is 24.6 Å². The molecular weight excluding hydrogens is 314 g/mol. The number of hydrogen-bond donors (Lipinski definition) is 2. The molecule has 1 atom stereocenters. The van der Waals surface area contributed by atoms with Crippen LogP contribution >= 0.6 is 0 Å².